The molecule has 4 heteroatoms. The Hall–Kier alpha value is -0.610. The molecule has 1 amide bonds. The Labute approximate surface area is 96.9 Å². The van der Waals surface area contributed by atoms with Gasteiger partial charge in [-0.1, -0.05) is 12.8 Å². The van der Waals surface area contributed by atoms with Crippen LogP contribution in [0, 0.1) is 0 Å². The molecule has 0 saturated heterocycles. The molecule has 2 fully saturated rings. The van der Waals surface area contributed by atoms with Crippen molar-refractivity contribution in [2.45, 2.75) is 56.1 Å². The highest BCUT2D eigenvalue weighted by atomic mass is 16.5. The molecular formula is C12H22N2O2. The summed E-state index contributed by atoms with van der Waals surface area (Å²) < 4.78 is 5.46. The van der Waals surface area contributed by atoms with Crippen molar-refractivity contribution in [1.82, 2.24) is 5.32 Å². The number of amides is 1. The summed E-state index contributed by atoms with van der Waals surface area (Å²) in [7, 11) is 1.72. The SMILES string of the molecule is COC1(CNC(=O)C2(N)CCCC2)CCC1. The number of rotatable bonds is 4. The summed E-state index contributed by atoms with van der Waals surface area (Å²) in [5.41, 5.74) is 5.36. The number of methoxy groups -OCH3 is 1. The van der Waals surface area contributed by atoms with Crippen LogP contribution < -0.4 is 11.1 Å². The maximum Gasteiger partial charge on any atom is 0.240 e. The van der Waals surface area contributed by atoms with E-state index in [1.54, 1.807) is 7.11 Å². The fourth-order valence-corrected chi connectivity index (χ4v) is 2.67. The average Bonchev–Trinajstić information content (AvgIpc) is 2.65. The minimum atomic E-state index is -0.612. The summed E-state index contributed by atoms with van der Waals surface area (Å²) >= 11 is 0. The summed E-state index contributed by atoms with van der Waals surface area (Å²) in [5.74, 6) is 0.00771. The van der Waals surface area contributed by atoms with Crippen LogP contribution in [0.4, 0.5) is 0 Å². The van der Waals surface area contributed by atoms with E-state index in [-0.39, 0.29) is 11.5 Å². The highest BCUT2D eigenvalue weighted by Gasteiger charge is 2.41. The van der Waals surface area contributed by atoms with Gasteiger partial charge in [0.1, 0.15) is 0 Å². The Bertz CT molecular complexity index is 263. The summed E-state index contributed by atoms with van der Waals surface area (Å²) in [5, 5.41) is 2.97. The number of nitrogens with one attached hydrogen (secondary N) is 1. The second kappa shape index (κ2) is 4.34. The molecule has 2 aliphatic carbocycles. The molecule has 0 aromatic carbocycles. The molecule has 0 radical (unpaired) electrons. The van der Waals surface area contributed by atoms with E-state index >= 15 is 0 Å². The van der Waals surface area contributed by atoms with Crippen molar-refractivity contribution < 1.29 is 9.53 Å². The van der Waals surface area contributed by atoms with Crippen molar-refractivity contribution in [3.05, 3.63) is 0 Å². The molecule has 0 aromatic heterocycles. The first-order chi connectivity index (χ1) is 7.60. The van der Waals surface area contributed by atoms with Gasteiger partial charge in [0.2, 0.25) is 5.91 Å². The first kappa shape index (κ1) is 11.9. The number of hydrogen-bond acceptors (Lipinski definition) is 3. The van der Waals surface area contributed by atoms with Crippen LogP contribution in [-0.2, 0) is 9.53 Å². The van der Waals surface area contributed by atoms with E-state index in [4.69, 9.17) is 10.5 Å². The predicted molar refractivity (Wildman–Crippen MR) is 62.0 cm³/mol. The minimum absolute atomic E-state index is 0.00771. The van der Waals surface area contributed by atoms with Gasteiger partial charge in [0.15, 0.2) is 0 Å². The van der Waals surface area contributed by atoms with Crippen molar-refractivity contribution in [3.63, 3.8) is 0 Å². The third-order valence-corrected chi connectivity index (χ3v) is 4.22. The molecule has 0 atom stereocenters. The van der Waals surface area contributed by atoms with E-state index in [9.17, 15) is 4.79 Å². The Morgan fingerprint density at radius 1 is 1.25 bits per heavy atom. The van der Waals surface area contributed by atoms with Crippen LogP contribution >= 0.6 is 0 Å². The monoisotopic (exact) mass is 226 g/mol. The summed E-state index contributed by atoms with van der Waals surface area (Å²) in [4.78, 5) is 12.0. The molecule has 2 rings (SSSR count). The maximum atomic E-state index is 12.0. The summed E-state index contributed by atoms with van der Waals surface area (Å²) in [6.07, 6.45) is 7.05. The average molecular weight is 226 g/mol. The van der Waals surface area contributed by atoms with Gasteiger partial charge in [0.05, 0.1) is 11.1 Å². The van der Waals surface area contributed by atoms with Gasteiger partial charge in [-0.2, -0.15) is 0 Å². The zero-order valence-corrected chi connectivity index (χ0v) is 10.1. The Kier molecular flexibility index (Phi) is 3.22. The van der Waals surface area contributed by atoms with Crippen molar-refractivity contribution >= 4 is 5.91 Å². The second-order valence-electron chi connectivity index (χ2n) is 5.29. The molecule has 92 valence electrons. The molecule has 0 aromatic rings. The van der Waals surface area contributed by atoms with Crippen LogP contribution in [0.2, 0.25) is 0 Å². The standard InChI is InChI=1S/C12H22N2O2/c1-16-11(5-4-6-11)9-14-10(15)12(13)7-2-3-8-12/h2-9,13H2,1H3,(H,14,15). The van der Waals surface area contributed by atoms with E-state index in [0.29, 0.717) is 6.54 Å². The van der Waals surface area contributed by atoms with Gasteiger partial charge in [0, 0.05) is 13.7 Å². The van der Waals surface area contributed by atoms with Crippen LogP contribution in [0.5, 0.6) is 0 Å². The van der Waals surface area contributed by atoms with Crippen molar-refractivity contribution in [2.24, 2.45) is 5.73 Å². The van der Waals surface area contributed by atoms with E-state index in [1.807, 2.05) is 0 Å². The van der Waals surface area contributed by atoms with Crippen LogP contribution in [-0.4, -0.2) is 30.7 Å². The second-order valence-corrected chi connectivity index (χ2v) is 5.29. The lowest BCUT2D eigenvalue weighted by atomic mass is 9.79. The predicted octanol–water partition coefficient (Wildman–Crippen LogP) is 0.943. The van der Waals surface area contributed by atoms with Gasteiger partial charge >= 0.3 is 0 Å². The fraction of sp³-hybridized carbons (Fsp3) is 0.917. The largest absolute Gasteiger partial charge is 0.376 e. The highest BCUT2D eigenvalue weighted by molar-refractivity contribution is 5.86. The zero-order valence-electron chi connectivity index (χ0n) is 10.1. The molecule has 16 heavy (non-hydrogen) atoms. The zero-order chi connectivity index (χ0) is 11.6. The molecule has 2 aliphatic rings. The van der Waals surface area contributed by atoms with E-state index in [0.717, 1.165) is 38.5 Å². The van der Waals surface area contributed by atoms with Crippen LogP contribution in [0.3, 0.4) is 0 Å². The molecule has 0 spiro atoms. The number of carbonyl (C=O) groups excluding carboxylic acids is 1. The Morgan fingerprint density at radius 3 is 2.31 bits per heavy atom. The lowest BCUT2D eigenvalue weighted by molar-refractivity contribution is -0.129. The first-order valence-electron chi connectivity index (χ1n) is 6.23. The van der Waals surface area contributed by atoms with E-state index in [1.165, 1.54) is 6.42 Å². The minimum Gasteiger partial charge on any atom is -0.376 e. The van der Waals surface area contributed by atoms with Crippen LogP contribution in [0.25, 0.3) is 0 Å². The van der Waals surface area contributed by atoms with Crippen LogP contribution in [0.1, 0.15) is 44.9 Å². The third kappa shape index (κ3) is 2.09. The summed E-state index contributed by atoms with van der Waals surface area (Å²) in [6.45, 7) is 0.612. The Morgan fingerprint density at radius 2 is 1.88 bits per heavy atom. The lowest BCUT2D eigenvalue weighted by Crippen LogP contribution is -2.57. The van der Waals surface area contributed by atoms with Gasteiger partial charge in [-0.05, 0) is 32.1 Å². The molecule has 0 heterocycles. The van der Waals surface area contributed by atoms with E-state index < -0.39 is 5.54 Å². The van der Waals surface area contributed by atoms with Crippen LogP contribution in [0.15, 0.2) is 0 Å². The fourth-order valence-electron chi connectivity index (χ4n) is 2.67. The van der Waals surface area contributed by atoms with Crippen molar-refractivity contribution in [3.8, 4) is 0 Å². The molecule has 4 nitrogen and oxygen atoms in total. The van der Waals surface area contributed by atoms with Gasteiger partial charge in [-0.3, -0.25) is 4.79 Å². The van der Waals surface area contributed by atoms with Crippen molar-refractivity contribution in [1.29, 1.82) is 0 Å². The summed E-state index contributed by atoms with van der Waals surface area (Å²) in [6, 6.07) is 0. The lowest BCUT2D eigenvalue weighted by Gasteiger charge is -2.41. The smallest absolute Gasteiger partial charge is 0.240 e. The van der Waals surface area contributed by atoms with Gasteiger partial charge < -0.3 is 15.8 Å². The maximum absolute atomic E-state index is 12.0. The number of nitrogens with two attached hydrogens (primary N) is 1. The van der Waals surface area contributed by atoms with Gasteiger partial charge in [0.25, 0.3) is 0 Å². The van der Waals surface area contributed by atoms with E-state index in [2.05, 4.69) is 5.32 Å². The topological polar surface area (TPSA) is 64.3 Å². The quantitative estimate of drug-likeness (QED) is 0.750. The first-order valence-corrected chi connectivity index (χ1v) is 6.23. The molecular weight excluding hydrogens is 204 g/mol. The Balaban J connectivity index is 1.83. The number of hydrogen-bond donors (Lipinski definition) is 2. The molecule has 0 aliphatic heterocycles. The highest BCUT2D eigenvalue weighted by Crippen LogP contribution is 2.34. The van der Waals surface area contributed by atoms with Gasteiger partial charge in [-0.15, -0.1) is 0 Å². The molecule has 3 N–H and O–H groups in total. The van der Waals surface area contributed by atoms with Gasteiger partial charge in [-0.25, -0.2) is 0 Å². The number of ether oxygens (including phenoxy) is 1. The number of carbonyl (C=O) groups is 1. The molecule has 0 unspecified atom stereocenters. The molecule has 0 bridgehead atoms. The molecule has 2 saturated carbocycles. The third-order valence-electron chi connectivity index (χ3n) is 4.22. The normalized spacial score (nSPS) is 26.1. The van der Waals surface area contributed by atoms with Crippen molar-refractivity contribution in [2.75, 3.05) is 13.7 Å².